The molecule has 122 valence electrons. The maximum Gasteiger partial charge on any atom is 0.191 e. The number of thiazole rings is 1. The number of hydrogen-bond donors (Lipinski definition) is 2. The van der Waals surface area contributed by atoms with Gasteiger partial charge in [0.2, 0.25) is 0 Å². The van der Waals surface area contributed by atoms with Crippen LogP contribution in [-0.4, -0.2) is 51.3 Å². The zero-order valence-electron chi connectivity index (χ0n) is 13.2. The lowest BCUT2D eigenvalue weighted by Crippen LogP contribution is -2.39. The number of guanidine groups is 1. The third-order valence-corrected chi connectivity index (χ3v) is 3.47. The molecular weight excluding hydrogens is 401 g/mol. The number of rotatable bonds is 8. The number of aromatic nitrogens is 1. The van der Waals surface area contributed by atoms with Crippen LogP contribution in [0.1, 0.15) is 19.5 Å². The highest BCUT2D eigenvalue weighted by atomic mass is 127. The average Bonchev–Trinajstić information content (AvgIpc) is 2.90. The van der Waals surface area contributed by atoms with Crippen molar-refractivity contribution in [2.45, 2.75) is 20.4 Å². The van der Waals surface area contributed by atoms with Crippen LogP contribution >= 0.6 is 35.3 Å². The first-order valence-electron chi connectivity index (χ1n) is 6.89. The highest BCUT2D eigenvalue weighted by Crippen LogP contribution is 2.18. The molecule has 0 aromatic carbocycles. The molecule has 0 atom stereocenters. The van der Waals surface area contributed by atoms with Crippen molar-refractivity contribution in [3.8, 4) is 0 Å². The first kappa shape index (κ1) is 20.4. The van der Waals surface area contributed by atoms with Crippen molar-refractivity contribution >= 4 is 46.4 Å². The molecule has 1 rings (SSSR count). The molecule has 0 radical (unpaired) electrons. The van der Waals surface area contributed by atoms with Crippen molar-refractivity contribution < 1.29 is 4.74 Å². The van der Waals surface area contributed by atoms with Gasteiger partial charge in [-0.25, -0.2) is 9.98 Å². The van der Waals surface area contributed by atoms with Gasteiger partial charge >= 0.3 is 0 Å². The fourth-order valence-corrected chi connectivity index (χ4v) is 2.21. The monoisotopic (exact) mass is 427 g/mol. The zero-order chi connectivity index (χ0) is 14.8. The largest absolute Gasteiger partial charge is 0.380 e. The normalized spacial score (nSPS) is 11.0. The summed E-state index contributed by atoms with van der Waals surface area (Å²) in [5.74, 6) is 0.798. The van der Waals surface area contributed by atoms with Gasteiger partial charge in [0.15, 0.2) is 11.1 Å². The van der Waals surface area contributed by atoms with Crippen molar-refractivity contribution in [1.29, 1.82) is 0 Å². The number of anilines is 1. The van der Waals surface area contributed by atoms with Crippen LogP contribution < -0.4 is 15.5 Å². The molecular formula is C13H26IN5OS. The van der Waals surface area contributed by atoms with Crippen LogP contribution in [0.3, 0.4) is 0 Å². The number of hydrogen-bond acceptors (Lipinski definition) is 5. The van der Waals surface area contributed by atoms with E-state index in [4.69, 9.17) is 4.74 Å². The van der Waals surface area contributed by atoms with Crippen LogP contribution in [0.4, 0.5) is 5.13 Å². The lowest BCUT2D eigenvalue weighted by Gasteiger charge is -2.10. The molecule has 21 heavy (non-hydrogen) atoms. The highest BCUT2D eigenvalue weighted by Gasteiger charge is 2.03. The Morgan fingerprint density at radius 1 is 1.38 bits per heavy atom. The SMILES string of the molecule is CCNC(=NCc1csc(N(C)C)n1)NCCOCC.I. The second-order valence-corrected chi connectivity index (χ2v) is 5.17. The fraction of sp³-hybridized carbons (Fsp3) is 0.692. The lowest BCUT2D eigenvalue weighted by molar-refractivity contribution is 0.152. The van der Waals surface area contributed by atoms with Gasteiger partial charge in [-0.1, -0.05) is 0 Å². The smallest absolute Gasteiger partial charge is 0.191 e. The van der Waals surface area contributed by atoms with Crippen molar-refractivity contribution in [1.82, 2.24) is 15.6 Å². The van der Waals surface area contributed by atoms with Gasteiger partial charge in [0.25, 0.3) is 0 Å². The van der Waals surface area contributed by atoms with E-state index in [1.807, 2.05) is 38.2 Å². The number of halogens is 1. The van der Waals surface area contributed by atoms with Crippen molar-refractivity contribution in [2.75, 3.05) is 45.3 Å². The first-order valence-corrected chi connectivity index (χ1v) is 7.77. The first-order chi connectivity index (χ1) is 9.67. The van der Waals surface area contributed by atoms with Crippen LogP contribution in [0, 0.1) is 0 Å². The van der Waals surface area contributed by atoms with E-state index in [9.17, 15) is 0 Å². The molecule has 0 aliphatic carbocycles. The zero-order valence-corrected chi connectivity index (χ0v) is 16.3. The summed E-state index contributed by atoms with van der Waals surface area (Å²) < 4.78 is 5.29. The van der Waals surface area contributed by atoms with E-state index in [-0.39, 0.29) is 24.0 Å². The van der Waals surface area contributed by atoms with Gasteiger partial charge < -0.3 is 20.3 Å². The lowest BCUT2D eigenvalue weighted by atomic mass is 10.5. The highest BCUT2D eigenvalue weighted by molar-refractivity contribution is 14.0. The van der Waals surface area contributed by atoms with Gasteiger partial charge in [-0.05, 0) is 13.8 Å². The predicted octanol–water partition coefficient (Wildman–Crippen LogP) is 1.92. The van der Waals surface area contributed by atoms with Crippen LogP contribution in [0.15, 0.2) is 10.4 Å². The van der Waals surface area contributed by atoms with Gasteiger partial charge in [-0.3, -0.25) is 0 Å². The fourth-order valence-electron chi connectivity index (χ4n) is 1.46. The summed E-state index contributed by atoms with van der Waals surface area (Å²) in [4.78, 5) is 11.0. The summed E-state index contributed by atoms with van der Waals surface area (Å²) in [6.07, 6.45) is 0. The maximum atomic E-state index is 5.29. The summed E-state index contributed by atoms with van der Waals surface area (Å²) in [6, 6.07) is 0. The summed E-state index contributed by atoms with van der Waals surface area (Å²) in [7, 11) is 3.98. The number of ether oxygens (including phenoxy) is 1. The summed E-state index contributed by atoms with van der Waals surface area (Å²) >= 11 is 1.63. The van der Waals surface area contributed by atoms with Gasteiger partial charge in [0.1, 0.15) is 0 Å². The molecule has 1 heterocycles. The van der Waals surface area contributed by atoms with E-state index in [0.29, 0.717) is 13.2 Å². The Morgan fingerprint density at radius 3 is 2.71 bits per heavy atom. The van der Waals surface area contributed by atoms with Crippen molar-refractivity contribution in [3.05, 3.63) is 11.1 Å². The quantitative estimate of drug-likeness (QED) is 0.287. The Hall–Kier alpha value is -0.610. The van der Waals surface area contributed by atoms with E-state index in [2.05, 4.69) is 20.6 Å². The van der Waals surface area contributed by atoms with Crippen LogP contribution in [0.2, 0.25) is 0 Å². The number of nitrogens with one attached hydrogen (secondary N) is 2. The van der Waals surface area contributed by atoms with E-state index >= 15 is 0 Å². The Balaban J connectivity index is 0.00000400. The van der Waals surface area contributed by atoms with E-state index in [1.54, 1.807) is 11.3 Å². The Morgan fingerprint density at radius 2 is 2.14 bits per heavy atom. The van der Waals surface area contributed by atoms with Gasteiger partial charge in [0, 0.05) is 39.2 Å². The molecule has 6 nitrogen and oxygen atoms in total. The molecule has 1 aromatic rings. The van der Waals surface area contributed by atoms with Gasteiger partial charge in [0.05, 0.1) is 18.8 Å². The average molecular weight is 427 g/mol. The number of aliphatic imine (C=N–C) groups is 1. The molecule has 0 spiro atoms. The standard InChI is InChI=1S/C13H25N5OS.HI/c1-5-14-12(15-7-8-19-6-2)16-9-11-10-20-13(17-11)18(3)4;/h10H,5-9H2,1-4H3,(H2,14,15,16);1H. The number of nitrogens with zero attached hydrogens (tertiary/aromatic N) is 3. The van der Waals surface area contributed by atoms with E-state index in [1.165, 1.54) is 0 Å². The molecule has 0 aliphatic rings. The maximum absolute atomic E-state index is 5.29. The molecule has 0 saturated heterocycles. The summed E-state index contributed by atoms with van der Waals surface area (Å²) in [5.41, 5.74) is 0.987. The summed E-state index contributed by atoms with van der Waals surface area (Å²) in [6.45, 7) is 7.62. The molecule has 8 heteroatoms. The minimum absolute atomic E-state index is 0. The van der Waals surface area contributed by atoms with Crippen molar-refractivity contribution in [2.24, 2.45) is 4.99 Å². The second kappa shape index (κ2) is 12.0. The molecule has 0 fully saturated rings. The molecule has 0 bridgehead atoms. The molecule has 1 aromatic heterocycles. The topological polar surface area (TPSA) is 61.8 Å². The van der Waals surface area contributed by atoms with E-state index < -0.39 is 0 Å². The van der Waals surface area contributed by atoms with Gasteiger partial charge in [-0.15, -0.1) is 35.3 Å². The van der Waals surface area contributed by atoms with Gasteiger partial charge in [-0.2, -0.15) is 0 Å². The predicted molar refractivity (Wildman–Crippen MR) is 101 cm³/mol. The Labute approximate surface area is 148 Å². The minimum atomic E-state index is 0. The molecule has 0 saturated carbocycles. The van der Waals surface area contributed by atoms with Crippen LogP contribution in [0.5, 0.6) is 0 Å². The minimum Gasteiger partial charge on any atom is -0.380 e. The third kappa shape index (κ3) is 8.42. The molecule has 0 aliphatic heterocycles. The summed E-state index contributed by atoms with van der Waals surface area (Å²) in [5, 5.41) is 9.49. The third-order valence-electron chi connectivity index (χ3n) is 2.41. The van der Waals surface area contributed by atoms with E-state index in [0.717, 1.165) is 36.5 Å². The molecule has 2 N–H and O–H groups in total. The van der Waals surface area contributed by atoms with Crippen molar-refractivity contribution in [3.63, 3.8) is 0 Å². The molecule has 0 unspecified atom stereocenters. The second-order valence-electron chi connectivity index (χ2n) is 4.33. The Kier molecular flexibility index (Phi) is 11.6. The van der Waals surface area contributed by atoms with Crippen LogP contribution in [-0.2, 0) is 11.3 Å². The molecule has 0 amide bonds. The van der Waals surface area contributed by atoms with Crippen LogP contribution in [0.25, 0.3) is 0 Å². The Bertz CT molecular complexity index is 411.